The smallest absolute Gasteiger partial charge is 0.267 e. The number of nitrogens with zero attached hydrogens (tertiary/aromatic N) is 2. The number of nitrogens with one attached hydrogen (secondary N) is 1. The number of para-hydroxylation sites is 1. The maximum absolute atomic E-state index is 12.7. The molecule has 0 saturated carbocycles. The maximum Gasteiger partial charge on any atom is 0.267 e. The summed E-state index contributed by atoms with van der Waals surface area (Å²) in [5.74, 6) is 1.37. The molecule has 2 heterocycles. The number of rotatable bonds is 7. The van der Waals surface area contributed by atoms with E-state index in [0.29, 0.717) is 36.1 Å². The normalized spacial score (nSPS) is 15.9. The Morgan fingerprint density at radius 1 is 1.12 bits per heavy atom. The maximum atomic E-state index is 12.7. The second-order valence-corrected chi connectivity index (χ2v) is 7.72. The highest BCUT2D eigenvalue weighted by atomic mass is 16.5. The van der Waals surface area contributed by atoms with E-state index in [0.717, 1.165) is 18.4 Å². The van der Waals surface area contributed by atoms with Crippen LogP contribution < -0.4 is 15.2 Å². The molecule has 0 radical (unpaired) electrons. The number of piperidine rings is 1. The lowest BCUT2D eigenvalue weighted by Crippen LogP contribution is -2.41. The van der Waals surface area contributed by atoms with Crippen molar-refractivity contribution in [2.24, 2.45) is 5.73 Å². The van der Waals surface area contributed by atoms with Crippen molar-refractivity contribution in [1.82, 2.24) is 14.9 Å². The minimum absolute atomic E-state index is 0.0154. The number of benzene rings is 2. The molecule has 166 valence electrons. The first-order chi connectivity index (χ1) is 15.5. The Morgan fingerprint density at radius 2 is 1.88 bits per heavy atom. The zero-order valence-electron chi connectivity index (χ0n) is 17.9. The fraction of sp³-hybridized carbons (Fsp3) is 0.292. The van der Waals surface area contributed by atoms with Gasteiger partial charge in [0.05, 0.1) is 7.11 Å². The molecule has 0 unspecified atom stereocenters. The number of nitrogens with two attached hydrogens (primary N) is 1. The molecular weight excluding hydrogens is 408 g/mol. The van der Waals surface area contributed by atoms with E-state index in [-0.39, 0.29) is 24.1 Å². The average molecular weight is 434 g/mol. The van der Waals surface area contributed by atoms with Gasteiger partial charge in [0, 0.05) is 24.6 Å². The standard InChI is InChI=1S/C24H26N4O4/c1-31-18-11-9-16(10-12-18)21-22(23(25)30)27-24(26-21)17-6-5-13-28(14-17)20(29)15-32-19-7-3-2-4-8-19/h2-4,7-12,17H,5-6,13-15H2,1H3,(H2,25,30)(H,26,27)/t17-/m1/s1. The molecule has 1 fully saturated rings. The van der Waals surface area contributed by atoms with E-state index in [1.165, 1.54) is 0 Å². The summed E-state index contributed by atoms with van der Waals surface area (Å²) >= 11 is 0. The van der Waals surface area contributed by atoms with Gasteiger partial charge in [0.25, 0.3) is 11.8 Å². The third kappa shape index (κ3) is 4.74. The van der Waals surface area contributed by atoms with Crippen LogP contribution in [-0.2, 0) is 4.79 Å². The van der Waals surface area contributed by atoms with Crippen LogP contribution in [-0.4, -0.2) is 53.5 Å². The van der Waals surface area contributed by atoms with Crippen LogP contribution in [0.15, 0.2) is 54.6 Å². The van der Waals surface area contributed by atoms with Crippen molar-refractivity contribution in [3.05, 3.63) is 66.1 Å². The van der Waals surface area contributed by atoms with E-state index >= 15 is 0 Å². The lowest BCUT2D eigenvalue weighted by Gasteiger charge is -2.31. The highest BCUT2D eigenvalue weighted by Crippen LogP contribution is 2.30. The van der Waals surface area contributed by atoms with Crippen molar-refractivity contribution in [2.75, 3.05) is 26.8 Å². The molecule has 2 amide bonds. The van der Waals surface area contributed by atoms with Gasteiger partial charge in [-0.05, 0) is 49.2 Å². The molecule has 1 atom stereocenters. The Labute approximate surface area is 186 Å². The van der Waals surface area contributed by atoms with Crippen molar-refractivity contribution in [1.29, 1.82) is 0 Å². The predicted octanol–water partition coefficient (Wildman–Crippen LogP) is 2.97. The van der Waals surface area contributed by atoms with Crippen molar-refractivity contribution in [2.45, 2.75) is 18.8 Å². The number of imidazole rings is 1. The molecule has 0 aliphatic carbocycles. The Kier molecular flexibility index (Phi) is 6.39. The number of carbonyl (C=O) groups is 2. The topological polar surface area (TPSA) is 111 Å². The number of primary amides is 1. The number of likely N-dealkylation sites (tertiary alicyclic amines) is 1. The zero-order valence-corrected chi connectivity index (χ0v) is 17.9. The van der Waals surface area contributed by atoms with E-state index in [9.17, 15) is 9.59 Å². The van der Waals surface area contributed by atoms with Crippen LogP contribution in [0.5, 0.6) is 11.5 Å². The summed E-state index contributed by atoms with van der Waals surface area (Å²) in [5, 5.41) is 0. The lowest BCUT2D eigenvalue weighted by atomic mass is 9.97. The summed E-state index contributed by atoms with van der Waals surface area (Å²) in [6.07, 6.45) is 1.70. The predicted molar refractivity (Wildman–Crippen MR) is 120 cm³/mol. The molecule has 1 saturated heterocycles. The number of hydrogen-bond donors (Lipinski definition) is 2. The molecule has 3 aromatic rings. The monoisotopic (exact) mass is 434 g/mol. The van der Waals surface area contributed by atoms with Crippen LogP contribution in [0.4, 0.5) is 0 Å². The first-order valence-corrected chi connectivity index (χ1v) is 10.5. The first-order valence-electron chi connectivity index (χ1n) is 10.5. The Hall–Kier alpha value is -3.81. The molecule has 0 spiro atoms. The van der Waals surface area contributed by atoms with E-state index < -0.39 is 5.91 Å². The number of aromatic nitrogens is 2. The molecule has 0 bridgehead atoms. The van der Waals surface area contributed by atoms with Gasteiger partial charge in [0.2, 0.25) is 0 Å². The largest absolute Gasteiger partial charge is 0.497 e. The van der Waals surface area contributed by atoms with Crippen LogP contribution in [0, 0.1) is 0 Å². The molecule has 3 N–H and O–H groups in total. The van der Waals surface area contributed by atoms with Gasteiger partial charge in [-0.1, -0.05) is 18.2 Å². The van der Waals surface area contributed by atoms with Crippen LogP contribution in [0.2, 0.25) is 0 Å². The second kappa shape index (κ2) is 9.55. The second-order valence-electron chi connectivity index (χ2n) is 7.72. The lowest BCUT2D eigenvalue weighted by molar-refractivity contribution is -0.134. The van der Waals surface area contributed by atoms with Crippen molar-refractivity contribution >= 4 is 11.8 Å². The minimum Gasteiger partial charge on any atom is -0.497 e. The average Bonchev–Trinajstić information content (AvgIpc) is 3.29. The SMILES string of the molecule is COc1ccc(-c2nc([C@@H]3CCCN(C(=O)COc4ccccc4)C3)[nH]c2C(N)=O)cc1. The van der Waals surface area contributed by atoms with Crippen LogP contribution in [0.1, 0.15) is 35.1 Å². The third-order valence-corrected chi connectivity index (χ3v) is 5.60. The van der Waals surface area contributed by atoms with Gasteiger partial charge in [-0.15, -0.1) is 0 Å². The van der Waals surface area contributed by atoms with Crippen LogP contribution >= 0.6 is 0 Å². The molecule has 32 heavy (non-hydrogen) atoms. The van der Waals surface area contributed by atoms with Crippen molar-refractivity contribution < 1.29 is 19.1 Å². The zero-order chi connectivity index (χ0) is 22.5. The Balaban J connectivity index is 1.49. The number of carbonyl (C=O) groups excluding carboxylic acids is 2. The highest BCUT2D eigenvalue weighted by molar-refractivity contribution is 5.97. The first kappa shape index (κ1) is 21.4. The van der Waals surface area contributed by atoms with E-state index in [4.69, 9.17) is 20.2 Å². The van der Waals surface area contributed by atoms with Gasteiger partial charge < -0.3 is 25.1 Å². The van der Waals surface area contributed by atoms with Crippen LogP contribution in [0.25, 0.3) is 11.3 Å². The number of methoxy groups -OCH3 is 1. The summed E-state index contributed by atoms with van der Waals surface area (Å²) < 4.78 is 10.8. The molecule has 1 aromatic heterocycles. The number of aromatic amines is 1. The summed E-state index contributed by atoms with van der Waals surface area (Å²) in [6.45, 7) is 1.16. The number of H-pyrrole nitrogens is 1. The number of amides is 2. The van der Waals surface area contributed by atoms with Gasteiger partial charge in [0.15, 0.2) is 6.61 Å². The summed E-state index contributed by atoms with van der Waals surface area (Å²) in [7, 11) is 1.59. The van der Waals surface area contributed by atoms with E-state index in [1.807, 2.05) is 54.6 Å². The highest BCUT2D eigenvalue weighted by Gasteiger charge is 2.29. The number of ether oxygens (including phenoxy) is 2. The van der Waals surface area contributed by atoms with Gasteiger partial charge in [-0.25, -0.2) is 4.98 Å². The summed E-state index contributed by atoms with van der Waals surface area (Å²) in [5.41, 5.74) is 7.14. The molecule has 8 nitrogen and oxygen atoms in total. The Bertz CT molecular complexity index is 1080. The fourth-order valence-corrected chi connectivity index (χ4v) is 3.90. The van der Waals surface area contributed by atoms with Crippen LogP contribution in [0.3, 0.4) is 0 Å². The summed E-state index contributed by atoms with van der Waals surface area (Å²) in [4.78, 5) is 34.3. The molecule has 2 aromatic carbocycles. The molecule has 1 aliphatic rings. The quantitative estimate of drug-likeness (QED) is 0.594. The molecule has 8 heteroatoms. The Morgan fingerprint density at radius 3 is 2.56 bits per heavy atom. The molecule has 1 aliphatic heterocycles. The van der Waals surface area contributed by atoms with Gasteiger partial charge in [0.1, 0.15) is 28.7 Å². The summed E-state index contributed by atoms with van der Waals surface area (Å²) in [6, 6.07) is 16.6. The third-order valence-electron chi connectivity index (χ3n) is 5.60. The van der Waals surface area contributed by atoms with Gasteiger partial charge >= 0.3 is 0 Å². The van der Waals surface area contributed by atoms with Crippen molar-refractivity contribution in [3.8, 4) is 22.8 Å². The van der Waals surface area contributed by atoms with Gasteiger partial charge in [-0.2, -0.15) is 0 Å². The van der Waals surface area contributed by atoms with Crippen molar-refractivity contribution in [3.63, 3.8) is 0 Å². The van der Waals surface area contributed by atoms with E-state index in [1.54, 1.807) is 12.0 Å². The van der Waals surface area contributed by atoms with Gasteiger partial charge in [-0.3, -0.25) is 9.59 Å². The van der Waals surface area contributed by atoms with E-state index in [2.05, 4.69) is 4.98 Å². The molecular formula is C24H26N4O4. The minimum atomic E-state index is -0.574. The number of hydrogen-bond acceptors (Lipinski definition) is 5. The fourth-order valence-electron chi connectivity index (χ4n) is 3.90. The molecule has 4 rings (SSSR count).